The Morgan fingerprint density at radius 3 is 2.57 bits per heavy atom. The number of carbonyl (C=O) groups is 2. The largest absolute Gasteiger partial charge is 0.366 e. The van der Waals surface area contributed by atoms with Crippen molar-refractivity contribution >= 4 is 23.2 Å². The number of hydrogen-bond acceptors (Lipinski definition) is 5. The Morgan fingerprint density at radius 1 is 1.35 bits per heavy atom. The van der Waals surface area contributed by atoms with Crippen molar-refractivity contribution in [2.24, 2.45) is 5.73 Å². The molecular weight excluding hydrogens is 302 g/mol. The number of rotatable bonds is 5. The van der Waals surface area contributed by atoms with Gasteiger partial charge < -0.3 is 11.1 Å². The second kappa shape index (κ2) is 6.26. The summed E-state index contributed by atoms with van der Waals surface area (Å²) >= 11 is 0. The molecule has 0 atom stereocenters. The predicted octanol–water partition coefficient (Wildman–Crippen LogP) is 1.15. The van der Waals surface area contributed by atoms with Crippen LogP contribution in [0.5, 0.6) is 0 Å². The second-order valence-electron chi connectivity index (χ2n) is 4.89. The van der Waals surface area contributed by atoms with Crippen molar-refractivity contribution in [1.29, 1.82) is 0 Å². The highest BCUT2D eigenvalue weighted by atomic mass is 16.6. The van der Waals surface area contributed by atoms with Crippen LogP contribution in [0.1, 0.15) is 21.7 Å². The molecule has 1 aromatic heterocycles. The van der Waals surface area contributed by atoms with Gasteiger partial charge in [-0.05, 0) is 26.0 Å². The van der Waals surface area contributed by atoms with E-state index in [0.29, 0.717) is 0 Å². The minimum atomic E-state index is -0.664. The average Bonchev–Trinajstić information content (AvgIpc) is 2.73. The summed E-state index contributed by atoms with van der Waals surface area (Å²) in [5.74, 6) is -1.14. The Morgan fingerprint density at radius 2 is 2.00 bits per heavy atom. The number of hydrogen-bond donors (Lipinski definition) is 2. The predicted molar refractivity (Wildman–Crippen MR) is 81.9 cm³/mol. The third-order valence-corrected chi connectivity index (χ3v) is 3.29. The smallest absolute Gasteiger partial charge is 0.312 e. The molecule has 1 aromatic carbocycles. The van der Waals surface area contributed by atoms with Gasteiger partial charge in [-0.15, -0.1) is 0 Å². The van der Waals surface area contributed by atoms with Gasteiger partial charge >= 0.3 is 5.69 Å². The van der Waals surface area contributed by atoms with Crippen LogP contribution in [0.4, 0.5) is 11.4 Å². The molecule has 2 amide bonds. The topological polar surface area (TPSA) is 133 Å². The molecule has 2 rings (SSSR count). The normalized spacial score (nSPS) is 10.3. The van der Waals surface area contributed by atoms with E-state index in [1.54, 1.807) is 18.2 Å². The number of amides is 2. The zero-order valence-corrected chi connectivity index (χ0v) is 12.6. The van der Waals surface area contributed by atoms with Gasteiger partial charge in [-0.25, -0.2) is 0 Å². The van der Waals surface area contributed by atoms with E-state index in [4.69, 9.17) is 5.73 Å². The van der Waals surface area contributed by atoms with Gasteiger partial charge in [-0.1, -0.05) is 12.1 Å². The van der Waals surface area contributed by atoms with Crippen LogP contribution in [0.25, 0.3) is 0 Å². The van der Waals surface area contributed by atoms with Gasteiger partial charge in [0.25, 0.3) is 5.91 Å². The second-order valence-corrected chi connectivity index (χ2v) is 4.89. The number of nitrogens with one attached hydrogen (secondary N) is 1. The minimum Gasteiger partial charge on any atom is -0.366 e. The van der Waals surface area contributed by atoms with Crippen molar-refractivity contribution < 1.29 is 14.5 Å². The number of anilines is 1. The number of aryl methyl sites for hydroxylation is 1. The van der Waals surface area contributed by atoms with E-state index in [1.165, 1.54) is 24.6 Å². The molecule has 3 N–H and O–H groups in total. The van der Waals surface area contributed by atoms with Crippen LogP contribution < -0.4 is 11.1 Å². The van der Waals surface area contributed by atoms with Crippen molar-refractivity contribution in [1.82, 2.24) is 9.78 Å². The van der Waals surface area contributed by atoms with Gasteiger partial charge in [0.2, 0.25) is 5.91 Å². The molecule has 0 bridgehead atoms. The Balaban J connectivity index is 2.20. The summed E-state index contributed by atoms with van der Waals surface area (Å²) in [6.45, 7) is 2.80. The molecule has 1 heterocycles. The summed E-state index contributed by atoms with van der Waals surface area (Å²) in [7, 11) is 0. The molecular formula is C14H15N5O4. The quantitative estimate of drug-likeness (QED) is 0.630. The van der Waals surface area contributed by atoms with E-state index >= 15 is 0 Å². The Labute approximate surface area is 131 Å². The average molecular weight is 317 g/mol. The van der Waals surface area contributed by atoms with Crippen molar-refractivity contribution in [2.75, 3.05) is 5.32 Å². The number of benzene rings is 1. The number of nitro groups is 1. The summed E-state index contributed by atoms with van der Waals surface area (Å²) in [6.07, 6.45) is 0. The fraction of sp³-hybridized carbons (Fsp3) is 0.214. The maximum absolute atomic E-state index is 12.1. The molecule has 0 aliphatic rings. The highest BCUT2D eigenvalue weighted by Gasteiger charge is 2.23. The van der Waals surface area contributed by atoms with Crippen LogP contribution in [0.3, 0.4) is 0 Å². The zero-order valence-electron chi connectivity index (χ0n) is 12.6. The van der Waals surface area contributed by atoms with Gasteiger partial charge in [-0.3, -0.25) is 24.4 Å². The Kier molecular flexibility index (Phi) is 4.39. The Hall–Kier alpha value is -3.23. The molecule has 0 unspecified atom stereocenters. The van der Waals surface area contributed by atoms with Crippen molar-refractivity contribution in [2.45, 2.75) is 20.4 Å². The number of aromatic nitrogens is 2. The summed E-state index contributed by atoms with van der Waals surface area (Å²) in [5.41, 5.74) is 6.10. The van der Waals surface area contributed by atoms with Gasteiger partial charge in [0.05, 0.1) is 16.2 Å². The standard InChI is InChI=1S/C14H15N5O4/c1-8-13(19(22)23)9(2)18(17-8)7-12(20)16-11-6-4-3-5-10(11)14(15)21/h3-6H,7H2,1-2H3,(H2,15,21)(H,16,20). The third kappa shape index (κ3) is 3.34. The summed E-state index contributed by atoms with van der Waals surface area (Å²) in [5, 5.41) is 17.5. The number of nitrogens with two attached hydrogens (primary N) is 1. The lowest BCUT2D eigenvalue weighted by molar-refractivity contribution is -0.386. The van der Waals surface area contributed by atoms with Gasteiger partial charge in [0.1, 0.15) is 17.9 Å². The lowest BCUT2D eigenvalue weighted by atomic mass is 10.1. The molecule has 0 fully saturated rings. The van der Waals surface area contributed by atoms with E-state index in [-0.39, 0.29) is 34.9 Å². The molecule has 0 saturated heterocycles. The van der Waals surface area contributed by atoms with Crippen LogP contribution in [-0.2, 0) is 11.3 Å². The van der Waals surface area contributed by atoms with Crippen LogP contribution in [0, 0.1) is 24.0 Å². The van der Waals surface area contributed by atoms with Crippen molar-refractivity contribution in [3.8, 4) is 0 Å². The van der Waals surface area contributed by atoms with E-state index < -0.39 is 16.7 Å². The summed E-state index contributed by atoms with van der Waals surface area (Å²) in [6, 6.07) is 6.31. The first-order chi connectivity index (χ1) is 10.8. The molecule has 23 heavy (non-hydrogen) atoms. The number of primary amides is 1. The minimum absolute atomic E-state index is 0.115. The molecule has 0 aliphatic carbocycles. The number of nitrogens with zero attached hydrogens (tertiary/aromatic N) is 3. The molecule has 9 heteroatoms. The summed E-state index contributed by atoms with van der Waals surface area (Å²) in [4.78, 5) is 33.8. The highest BCUT2D eigenvalue weighted by molar-refractivity contribution is 6.02. The SMILES string of the molecule is Cc1nn(CC(=O)Nc2ccccc2C(N)=O)c(C)c1[N+](=O)[O-]. The number of para-hydroxylation sites is 1. The molecule has 0 radical (unpaired) electrons. The monoisotopic (exact) mass is 317 g/mol. The Bertz CT molecular complexity index is 796. The first kappa shape index (κ1) is 16.1. The van der Waals surface area contributed by atoms with E-state index in [0.717, 1.165) is 0 Å². The third-order valence-electron chi connectivity index (χ3n) is 3.29. The zero-order chi connectivity index (χ0) is 17.1. The first-order valence-corrected chi connectivity index (χ1v) is 6.68. The van der Waals surface area contributed by atoms with Gasteiger partial charge in [-0.2, -0.15) is 5.10 Å². The van der Waals surface area contributed by atoms with E-state index in [1.807, 2.05) is 0 Å². The van der Waals surface area contributed by atoms with Crippen molar-refractivity contribution in [3.05, 3.63) is 51.3 Å². The van der Waals surface area contributed by atoms with Crippen LogP contribution in [0.15, 0.2) is 24.3 Å². The van der Waals surface area contributed by atoms with Crippen LogP contribution in [0.2, 0.25) is 0 Å². The van der Waals surface area contributed by atoms with Crippen molar-refractivity contribution in [3.63, 3.8) is 0 Å². The molecule has 120 valence electrons. The molecule has 2 aromatic rings. The molecule has 0 aliphatic heterocycles. The van der Waals surface area contributed by atoms with E-state index in [9.17, 15) is 19.7 Å². The maximum atomic E-state index is 12.1. The molecule has 9 nitrogen and oxygen atoms in total. The number of carbonyl (C=O) groups excluding carboxylic acids is 2. The van der Waals surface area contributed by atoms with Gasteiger partial charge in [0.15, 0.2) is 0 Å². The maximum Gasteiger partial charge on any atom is 0.312 e. The fourth-order valence-corrected chi connectivity index (χ4v) is 2.24. The lowest BCUT2D eigenvalue weighted by Crippen LogP contribution is -2.22. The molecule has 0 spiro atoms. The highest BCUT2D eigenvalue weighted by Crippen LogP contribution is 2.22. The first-order valence-electron chi connectivity index (χ1n) is 6.68. The fourth-order valence-electron chi connectivity index (χ4n) is 2.24. The van der Waals surface area contributed by atoms with Gasteiger partial charge in [0, 0.05) is 0 Å². The molecule has 0 saturated carbocycles. The lowest BCUT2D eigenvalue weighted by Gasteiger charge is -2.09. The van der Waals surface area contributed by atoms with Crippen LogP contribution in [-0.4, -0.2) is 26.5 Å². The van der Waals surface area contributed by atoms with E-state index in [2.05, 4.69) is 10.4 Å². The summed E-state index contributed by atoms with van der Waals surface area (Å²) < 4.78 is 1.25. The van der Waals surface area contributed by atoms with Crippen LogP contribution >= 0.6 is 0 Å².